The number of anilines is 2. The normalized spacial score (nSPS) is 15.3. The van der Waals surface area contributed by atoms with Crippen LogP contribution in [0, 0.1) is 0 Å². The lowest BCUT2D eigenvalue weighted by Gasteiger charge is -2.33. The van der Waals surface area contributed by atoms with Crippen LogP contribution in [0.4, 0.5) is 11.5 Å². The summed E-state index contributed by atoms with van der Waals surface area (Å²) in [5.41, 5.74) is 8.39. The van der Waals surface area contributed by atoms with Gasteiger partial charge in [0.2, 0.25) is 5.91 Å². The first-order valence-electron chi connectivity index (χ1n) is 12.4. The third kappa shape index (κ3) is 5.99. The molecule has 9 heteroatoms. The summed E-state index contributed by atoms with van der Waals surface area (Å²) in [5, 5.41) is 2.89. The van der Waals surface area contributed by atoms with Crippen LogP contribution in [0.5, 0.6) is 6.01 Å². The van der Waals surface area contributed by atoms with E-state index in [1.165, 1.54) is 25.9 Å². The van der Waals surface area contributed by atoms with Gasteiger partial charge in [-0.1, -0.05) is 35.9 Å². The molecule has 1 amide bonds. The highest BCUT2D eigenvalue weighted by Gasteiger charge is 2.26. The molecule has 0 spiro atoms. The minimum absolute atomic E-state index is 0.262. The number of rotatable bonds is 6. The van der Waals surface area contributed by atoms with Crippen LogP contribution in [-0.4, -0.2) is 68.2 Å². The van der Waals surface area contributed by atoms with E-state index >= 15 is 0 Å². The van der Waals surface area contributed by atoms with Gasteiger partial charge in [-0.15, -0.1) is 0 Å². The van der Waals surface area contributed by atoms with E-state index < -0.39 is 0 Å². The quantitative estimate of drug-likeness (QED) is 0.538. The number of amides is 1. The van der Waals surface area contributed by atoms with E-state index in [2.05, 4.69) is 45.0 Å². The molecule has 0 atom stereocenters. The van der Waals surface area contributed by atoms with Gasteiger partial charge in [0.25, 0.3) is 0 Å². The average molecular weight is 511 g/mol. The fourth-order valence-corrected chi connectivity index (χ4v) is 5.08. The van der Waals surface area contributed by atoms with Crippen molar-refractivity contribution in [3.05, 3.63) is 52.7 Å². The van der Waals surface area contributed by atoms with Crippen LogP contribution in [0.15, 0.2) is 36.4 Å². The minimum Gasteiger partial charge on any atom is -0.467 e. The molecule has 0 radical (unpaired) electrons. The number of halogens is 1. The standard InChI is InChI=1S/C22H24ClN5O2.C5H11N/c1-27(11-10-19(24)29)21-15-9-12-28(13-17(15)25-22(26-21)30-2)18-8-4-6-14-5-3-7-16(23)20(14)18;1-6-4-2-3-5-6/h3-8H,9-13H2,1-2H3,(H2,24,29);2-5H2,1H3. The number of hydrogen-bond donors (Lipinski definition) is 1. The first kappa shape index (κ1) is 26.0. The number of primary amides is 1. The summed E-state index contributed by atoms with van der Waals surface area (Å²) in [6.45, 7) is 4.56. The molecular weight excluding hydrogens is 476 g/mol. The van der Waals surface area contributed by atoms with Crippen molar-refractivity contribution < 1.29 is 9.53 Å². The van der Waals surface area contributed by atoms with E-state index in [1.807, 2.05) is 30.1 Å². The maximum Gasteiger partial charge on any atom is 0.318 e. The summed E-state index contributed by atoms with van der Waals surface area (Å²) in [5.74, 6) is 0.449. The zero-order valence-electron chi connectivity index (χ0n) is 21.3. The zero-order valence-corrected chi connectivity index (χ0v) is 22.1. The number of methoxy groups -OCH3 is 1. The van der Waals surface area contributed by atoms with Gasteiger partial charge in [0.05, 0.1) is 24.4 Å². The van der Waals surface area contributed by atoms with Crippen molar-refractivity contribution in [2.24, 2.45) is 5.73 Å². The maximum atomic E-state index is 11.2. The summed E-state index contributed by atoms with van der Waals surface area (Å²) in [6.07, 6.45) is 3.86. The van der Waals surface area contributed by atoms with Crippen molar-refractivity contribution in [2.45, 2.75) is 32.2 Å². The highest BCUT2D eigenvalue weighted by Crippen LogP contribution is 2.36. The first-order valence-corrected chi connectivity index (χ1v) is 12.8. The minimum atomic E-state index is -0.337. The zero-order chi connectivity index (χ0) is 25.7. The second kappa shape index (κ2) is 11.8. The molecule has 1 saturated heterocycles. The van der Waals surface area contributed by atoms with Gasteiger partial charge in [0, 0.05) is 43.2 Å². The largest absolute Gasteiger partial charge is 0.467 e. The predicted octanol–water partition coefficient (Wildman–Crippen LogP) is 3.88. The summed E-state index contributed by atoms with van der Waals surface area (Å²) in [6, 6.07) is 12.5. The molecule has 0 aliphatic carbocycles. The SMILES string of the molecule is CN1CCCC1.COc1nc2c(c(N(C)CCC(N)=O)n1)CCN(c1cccc3cccc(Cl)c13)C2. The molecule has 5 rings (SSSR count). The lowest BCUT2D eigenvalue weighted by atomic mass is 10.0. The molecule has 3 heterocycles. The van der Waals surface area contributed by atoms with E-state index in [-0.39, 0.29) is 12.3 Å². The number of carbonyl (C=O) groups excluding carboxylic acids is 1. The molecule has 2 N–H and O–H groups in total. The van der Waals surface area contributed by atoms with Crippen LogP contribution in [0.3, 0.4) is 0 Å². The summed E-state index contributed by atoms with van der Waals surface area (Å²) < 4.78 is 5.35. The van der Waals surface area contributed by atoms with Crippen LogP contribution in [0.25, 0.3) is 10.8 Å². The number of aromatic nitrogens is 2. The maximum absolute atomic E-state index is 11.2. The summed E-state index contributed by atoms with van der Waals surface area (Å²) in [4.78, 5) is 27.0. The summed E-state index contributed by atoms with van der Waals surface area (Å²) in [7, 11) is 5.63. The van der Waals surface area contributed by atoms with Crippen LogP contribution < -0.4 is 20.3 Å². The van der Waals surface area contributed by atoms with E-state index in [0.29, 0.717) is 19.1 Å². The van der Waals surface area contributed by atoms with Gasteiger partial charge in [0.1, 0.15) is 5.82 Å². The molecule has 1 fully saturated rings. The highest BCUT2D eigenvalue weighted by molar-refractivity contribution is 6.36. The number of ether oxygens (including phenoxy) is 1. The first-order chi connectivity index (χ1) is 17.4. The number of benzene rings is 2. The Labute approximate surface area is 218 Å². The van der Waals surface area contributed by atoms with Crippen LogP contribution in [0.2, 0.25) is 5.02 Å². The fraction of sp³-hybridized carbons (Fsp3) is 0.444. The van der Waals surface area contributed by atoms with Gasteiger partial charge in [-0.3, -0.25) is 4.79 Å². The monoisotopic (exact) mass is 510 g/mol. The molecule has 36 heavy (non-hydrogen) atoms. The lowest BCUT2D eigenvalue weighted by molar-refractivity contribution is -0.117. The van der Waals surface area contributed by atoms with Gasteiger partial charge < -0.3 is 25.2 Å². The molecule has 0 unspecified atom stereocenters. The van der Waals surface area contributed by atoms with Gasteiger partial charge in [-0.05, 0) is 56.9 Å². The van der Waals surface area contributed by atoms with Crippen molar-refractivity contribution in [3.63, 3.8) is 0 Å². The van der Waals surface area contributed by atoms with Crippen molar-refractivity contribution >= 4 is 39.8 Å². The van der Waals surface area contributed by atoms with Gasteiger partial charge >= 0.3 is 6.01 Å². The molecule has 2 aliphatic heterocycles. The predicted molar refractivity (Wildman–Crippen MR) is 146 cm³/mol. The Morgan fingerprint density at radius 3 is 2.50 bits per heavy atom. The van der Waals surface area contributed by atoms with Gasteiger partial charge in [-0.2, -0.15) is 9.97 Å². The smallest absolute Gasteiger partial charge is 0.318 e. The van der Waals surface area contributed by atoms with Gasteiger partial charge in [-0.25, -0.2) is 0 Å². The molecule has 0 saturated carbocycles. The summed E-state index contributed by atoms with van der Waals surface area (Å²) >= 11 is 6.54. The van der Waals surface area contributed by atoms with Crippen molar-refractivity contribution in [1.82, 2.24) is 14.9 Å². The van der Waals surface area contributed by atoms with Crippen LogP contribution >= 0.6 is 11.6 Å². The molecule has 192 valence electrons. The molecule has 2 aromatic carbocycles. The van der Waals surface area contributed by atoms with E-state index in [1.54, 1.807) is 7.11 Å². The fourth-order valence-electron chi connectivity index (χ4n) is 4.80. The van der Waals surface area contributed by atoms with Crippen molar-refractivity contribution in [1.29, 1.82) is 0 Å². The van der Waals surface area contributed by atoms with E-state index in [4.69, 9.17) is 22.1 Å². The molecule has 3 aromatic rings. The highest BCUT2D eigenvalue weighted by atomic mass is 35.5. The number of carbonyl (C=O) groups is 1. The van der Waals surface area contributed by atoms with Crippen molar-refractivity contribution in [3.8, 4) is 6.01 Å². The Bertz CT molecular complexity index is 1210. The van der Waals surface area contributed by atoms with E-state index in [9.17, 15) is 4.79 Å². The third-order valence-electron chi connectivity index (χ3n) is 6.76. The lowest BCUT2D eigenvalue weighted by Crippen LogP contribution is -2.34. The number of nitrogens with two attached hydrogens (primary N) is 1. The Balaban J connectivity index is 0.000000445. The molecule has 1 aromatic heterocycles. The molecule has 8 nitrogen and oxygen atoms in total. The Morgan fingerprint density at radius 2 is 1.86 bits per heavy atom. The Hall–Kier alpha value is -3.10. The Morgan fingerprint density at radius 1 is 1.14 bits per heavy atom. The average Bonchev–Trinajstić information content (AvgIpc) is 3.37. The number of nitrogens with zero attached hydrogens (tertiary/aromatic N) is 5. The van der Waals surface area contributed by atoms with Crippen LogP contribution in [-0.2, 0) is 17.8 Å². The number of likely N-dealkylation sites (tertiary alicyclic amines) is 1. The topological polar surface area (TPSA) is 87.8 Å². The number of fused-ring (bicyclic) bond motifs is 2. The van der Waals surface area contributed by atoms with E-state index in [0.717, 1.165) is 51.5 Å². The number of hydrogen-bond acceptors (Lipinski definition) is 7. The molecular formula is C27H35ClN6O2. The van der Waals surface area contributed by atoms with Gasteiger partial charge in [0.15, 0.2) is 0 Å². The van der Waals surface area contributed by atoms with Crippen LogP contribution in [0.1, 0.15) is 30.5 Å². The second-order valence-corrected chi connectivity index (χ2v) is 9.80. The Kier molecular flexibility index (Phi) is 8.48. The molecule has 0 bridgehead atoms. The molecule has 2 aliphatic rings. The second-order valence-electron chi connectivity index (χ2n) is 9.39. The van der Waals surface area contributed by atoms with Crippen molar-refractivity contribution in [2.75, 3.05) is 57.2 Å². The third-order valence-corrected chi connectivity index (χ3v) is 7.08.